The van der Waals surface area contributed by atoms with Gasteiger partial charge in [0, 0.05) is 26.2 Å². The molecule has 1 aromatic rings. The minimum Gasteiger partial charge on any atom is -0.496 e. The van der Waals surface area contributed by atoms with Crippen molar-refractivity contribution in [3.63, 3.8) is 0 Å². The monoisotopic (exact) mass is 470 g/mol. The molecule has 3 N–H and O–H groups in total. The van der Waals surface area contributed by atoms with Crippen LogP contribution in [0.15, 0.2) is 23.1 Å². The molecule has 31 heavy (non-hydrogen) atoms. The molecule has 2 aliphatic rings. The van der Waals surface area contributed by atoms with E-state index in [1.165, 1.54) is 29.6 Å². The van der Waals surface area contributed by atoms with Crippen LogP contribution in [-0.4, -0.2) is 63.2 Å². The number of sulfonamides is 1. The number of rotatable bonds is 6. The number of nitrogens with one attached hydrogen (secondary N) is 3. The van der Waals surface area contributed by atoms with E-state index >= 15 is 0 Å². The van der Waals surface area contributed by atoms with Crippen LogP contribution in [0.1, 0.15) is 48.9 Å². The van der Waals surface area contributed by atoms with Crippen LogP contribution in [0.2, 0.25) is 0 Å². The number of benzene rings is 1. The van der Waals surface area contributed by atoms with Gasteiger partial charge in [-0.15, -0.1) is 0 Å². The Kier molecular flexibility index (Phi) is 8.47. The molecule has 0 radical (unpaired) electrons. The first-order valence-electron chi connectivity index (χ1n) is 10.6. The van der Waals surface area contributed by atoms with Crippen molar-refractivity contribution in [1.29, 1.82) is 0 Å². The zero-order valence-electron chi connectivity index (χ0n) is 17.7. The summed E-state index contributed by atoms with van der Waals surface area (Å²) in [6.07, 6.45) is 5.82. The van der Waals surface area contributed by atoms with Crippen LogP contribution < -0.4 is 20.9 Å². The van der Waals surface area contributed by atoms with Crippen LogP contribution in [0.3, 0.4) is 0 Å². The van der Waals surface area contributed by atoms with E-state index < -0.39 is 15.9 Å². The Bertz CT molecular complexity index is 880. The molecule has 172 valence electrons. The van der Waals surface area contributed by atoms with Gasteiger partial charge in [-0.3, -0.25) is 15.6 Å². The van der Waals surface area contributed by atoms with E-state index in [9.17, 15) is 13.2 Å². The largest absolute Gasteiger partial charge is 0.496 e. The molecule has 0 saturated carbocycles. The van der Waals surface area contributed by atoms with Crippen LogP contribution in [0.5, 0.6) is 5.75 Å². The van der Waals surface area contributed by atoms with Gasteiger partial charge < -0.3 is 14.8 Å². The predicted octanol–water partition coefficient (Wildman–Crippen LogP) is 1.55. The number of ether oxygens (including phenoxy) is 2. The lowest BCUT2D eigenvalue weighted by Gasteiger charge is -2.21. The molecule has 1 unspecified atom stereocenters. The molecule has 0 bridgehead atoms. The molecule has 3 rings (SSSR count). The summed E-state index contributed by atoms with van der Waals surface area (Å²) in [5.41, 5.74) is 5.24. The smallest absolute Gasteiger partial charge is 0.273 e. The fourth-order valence-electron chi connectivity index (χ4n) is 3.69. The molecule has 9 nitrogen and oxygen atoms in total. The summed E-state index contributed by atoms with van der Waals surface area (Å²) in [5.74, 6) is -0.279. The van der Waals surface area contributed by atoms with Crippen molar-refractivity contribution in [3.8, 4) is 5.75 Å². The molecule has 2 saturated heterocycles. The van der Waals surface area contributed by atoms with Crippen LogP contribution in [-0.2, 0) is 14.8 Å². The molecule has 1 atom stereocenters. The standard InChI is InChI=1S/C20H30N4O5S2/c1-28-18-9-8-16(31(26,27)24-10-4-2-3-5-11-24)13-17(18)19(25)22-23-20(30)21-14-15-7-6-12-29-15/h8-9,13,15H,2-7,10-12,14H2,1H3,(H,22,25)(H2,21,23,30). The first-order chi connectivity index (χ1) is 14.9. The normalized spacial score (nSPS) is 20.0. The summed E-state index contributed by atoms with van der Waals surface area (Å²) in [7, 11) is -2.26. The zero-order chi connectivity index (χ0) is 22.3. The summed E-state index contributed by atoms with van der Waals surface area (Å²) in [5, 5.41) is 3.24. The first kappa shape index (κ1) is 23.7. The van der Waals surface area contributed by atoms with Crippen LogP contribution >= 0.6 is 12.2 Å². The van der Waals surface area contributed by atoms with E-state index in [1.807, 2.05) is 0 Å². The van der Waals surface area contributed by atoms with Crippen molar-refractivity contribution in [2.75, 3.05) is 33.4 Å². The summed E-state index contributed by atoms with van der Waals surface area (Å²) < 4.78 is 38.4. The van der Waals surface area contributed by atoms with E-state index in [4.69, 9.17) is 21.7 Å². The number of hydrazine groups is 1. The van der Waals surface area contributed by atoms with Gasteiger partial charge in [0.25, 0.3) is 5.91 Å². The number of amides is 1. The fraction of sp³-hybridized carbons (Fsp3) is 0.600. The van der Waals surface area contributed by atoms with Gasteiger partial charge in [0.1, 0.15) is 5.75 Å². The lowest BCUT2D eigenvalue weighted by atomic mass is 10.2. The van der Waals surface area contributed by atoms with Gasteiger partial charge in [0.2, 0.25) is 10.0 Å². The molecule has 2 heterocycles. The maximum Gasteiger partial charge on any atom is 0.273 e. The highest BCUT2D eigenvalue weighted by molar-refractivity contribution is 7.89. The van der Waals surface area contributed by atoms with Crippen LogP contribution in [0.25, 0.3) is 0 Å². The number of nitrogens with zero attached hydrogens (tertiary/aromatic N) is 1. The minimum absolute atomic E-state index is 0.0689. The number of methoxy groups -OCH3 is 1. The van der Waals surface area contributed by atoms with E-state index in [1.54, 1.807) is 0 Å². The van der Waals surface area contributed by atoms with Gasteiger partial charge in [0.05, 0.1) is 23.7 Å². The summed E-state index contributed by atoms with van der Waals surface area (Å²) in [4.78, 5) is 12.8. The third-order valence-electron chi connectivity index (χ3n) is 5.42. The average Bonchev–Trinajstić information content (AvgIpc) is 3.14. The third kappa shape index (κ3) is 6.28. The van der Waals surface area contributed by atoms with Crippen molar-refractivity contribution in [3.05, 3.63) is 23.8 Å². The summed E-state index contributed by atoms with van der Waals surface area (Å²) >= 11 is 5.18. The minimum atomic E-state index is -3.69. The van der Waals surface area contributed by atoms with Gasteiger partial charge in [0.15, 0.2) is 5.11 Å². The number of hydrogen-bond acceptors (Lipinski definition) is 6. The van der Waals surface area contributed by atoms with Gasteiger partial charge in [-0.1, -0.05) is 12.8 Å². The number of thiocarbonyl (C=S) groups is 1. The summed E-state index contributed by atoms with van der Waals surface area (Å²) in [6.45, 7) is 2.28. The van der Waals surface area contributed by atoms with Gasteiger partial charge >= 0.3 is 0 Å². The maximum absolute atomic E-state index is 13.1. The van der Waals surface area contributed by atoms with E-state index in [0.717, 1.165) is 45.1 Å². The molecule has 1 aromatic carbocycles. The van der Waals surface area contributed by atoms with Crippen molar-refractivity contribution in [1.82, 2.24) is 20.5 Å². The molecular weight excluding hydrogens is 440 g/mol. The number of hydrogen-bond donors (Lipinski definition) is 3. The van der Waals surface area contributed by atoms with E-state index in [2.05, 4.69) is 16.2 Å². The molecule has 2 fully saturated rings. The number of carbonyl (C=O) groups is 1. The van der Waals surface area contributed by atoms with Crippen LogP contribution in [0, 0.1) is 0 Å². The number of carbonyl (C=O) groups excluding carboxylic acids is 1. The highest BCUT2D eigenvalue weighted by Gasteiger charge is 2.27. The zero-order valence-corrected chi connectivity index (χ0v) is 19.3. The predicted molar refractivity (Wildman–Crippen MR) is 120 cm³/mol. The lowest BCUT2D eigenvalue weighted by Crippen LogP contribution is -2.48. The van der Waals surface area contributed by atoms with Gasteiger partial charge in [-0.05, 0) is 56.1 Å². The van der Waals surface area contributed by atoms with Crippen molar-refractivity contribution < 1.29 is 22.7 Å². The lowest BCUT2D eigenvalue weighted by molar-refractivity contribution is 0.0940. The van der Waals surface area contributed by atoms with Crippen molar-refractivity contribution in [2.24, 2.45) is 0 Å². The van der Waals surface area contributed by atoms with E-state index in [0.29, 0.717) is 19.6 Å². The van der Waals surface area contributed by atoms with Gasteiger partial charge in [-0.2, -0.15) is 4.31 Å². The van der Waals surface area contributed by atoms with Crippen LogP contribution in [0.4, 0.5) is 0 Å². The maximum atomic E-state index is 13.1. The Labute approximate surface area is 188 Å². The Hall–Kier alpha value is -1.95. The second-order valence-electron chi connectivity index (χ2n) is 7.60. The second kappa shape index (κ2) is 11.1. The quantitative estimate of drug-likeness (QED) is 0.425. The fourth-order valence-corrected chi connectivity index (χ4v) is 5.37. The third-order valence-corrected chi connectivity index (χ3v) is 7.56. The Morgan fingerprint density at radius 3 is 2.58 bits per heavy atom. The molecule has 0 aromatic heterocycles. The second-order valence-corrected chi connectivity index (χ2v) is 9.95. The molecule has 1 amide bonds. The highest BCUT2D eigenvalue weighted by atomic mass is 32.2. The molecule has 0 aliphatic carbocycles. The molecular formula is C20H30N4O5S2. The summed E-state index contributed by atoms with van der Waals surface area (Å²) in [6, 6.07) is 4.31. The Morgan fingerprint density at radius 1 is 1.19 bits per heavy atom. The highest BCUT2D eigenvalue weighted by Crippen LogP contribution is 2.26. The van der Waals surface area contributed by atoms with Crippen molar-refractivity contribution >= 4 is 33.3 Å². The average molecular weight is 471 g/mol. The Balaban J connectivity index is 1.66. The molecule has 0 spiro atoms. The molecule has 11 heteroatoms. The SMILES string of the molecule is COc1ccc(S(=O)(=O)N2CCCCCC2)cc1C(=O)NNC(=S)NCC1CCCO1. The van der Waals surface area contributed by atoms with Gasteiger partial charge in [-0.25, -0.2) is 8.42 Å². The Morgan fingerprint density at radius 2 is 1.94 bits per heavy atom. The van der Waals surface area contributed by atoms with Crippen molar-refractivity contribution in [2.45, 2.75) is 49.5 Å². The molecule has 2 aliphatic heterocycles. The topological polar surface area (TPSA) is 109 Å². The first-order valence-corrected chi connectivity index (χ1v) is 12.4. The van der Waals surface area contributed by atoms with E-state index in [-0.39, 0.29) is 27.4 Å².